The molecule has 1 aromatic carbocycles. The van der Waals surface area contributed by atoms with E-state index in [1.807, 2.05) is 18.2 Å². The molecule has 2 fully saturated rings. The number of carbonyl (C=O) groups excluding carboxylic acids is 1. The van der Waals surface area contributed by atoms with Crippen LogP contribution < -0.4 is 4.90 Å². The number of rotatable bonds is 2. The fourth-order valence-electron chi connectivity index (χ4n) is 2.74. The predicted molar refractivity (Wildman–Crippen MR) is 72.8 cm³/mol. The third-order valence-corrected chi connectivity index (χ3v) is 4.00. The van der Waals surface area contributed by atoms with Crippen molar-refractivity contribution in [2.45, 2.75) is 24.9 Å². The van der Waals surface area contributed by atoms with Gasteiger partial charge in [-0.1, -0.05) is 18.2 Å². The molecule has 0 aromatic heterocycles. The number of benzene rings is 1. The van der Waals surface area contributed by atoms with Crippen molar-refractivity contribution in [1.29, 1.82) is 0 Å². The maximum Gasteiger partial charge on any atom is 0.326 e. The number of para-hydroxylation sites is 1. The van der Waals surface area contributed by atoms with E-state index in [1.54, 1.807) is 17.0 Å². The van der Waals surface area contributed by atoms with Crippen LogP contribution in [0.15, 0.2) is 30.3 Å². The van der Waals surface area contributed by atoms with Crippen LogP contribution in [0.1, 0.15) is 12.8 Å². The molecule has 0 saturated carbocycles. The van der Waals surface area contributed by atoms with Gasteiger partial charge < -0.3 is 10.0 Å². The van der Waals surface area contributed by atoms with Crippen LogP contribution >= 0.6 is 12.2 Å². The smallest absolute Gasteiger partial charge is 0.326 e. The summed E-state index contributed by atoms with van der Waals surface area (Å²) < 4.78 is 0. The molecule has 2 aliphatic heterocycles. The van der Waals surface area contributed by atoms with Gasteiger partial charge in [0.1, 0.15) is 12.1 Å². The number of nitrogens with zero attached hydrogens (tertiary/aromatic N) is 2. The van der Waals surface area contributed by atoms with E-state index in [9.17, 15) is 14.7 Å². The van der Waals surface area contributed by atoms with E-state index in [4.69, 9.17) is 12.2 Å². The summed E-state index contributed by atoms with van der Waals surface area (Å²) in [6.07, 6.45) is 1.01. The van der Waals surface area contributed by atoms with E-state index >= 15 is 0 Å². The molecule has 0 aliphatic carbocycles. The highest BCUT2D eigenvalue weighted by atomic mass is 32.1. The quantitative estimate of drug-likeness (QED) is 0.823. The molecule has 2 atom stereocenters. The van der Waals surface area contributed by atoms with E-state index in [1.165, 1.54) is 4.90 Å². The Labute approximate surface area is 115 Å². The molecule has 2 heterocycles. The van der Waals surface area contributed by atoms with Crippen LogP contribution in [0.3, 0.4) is 0 Å². The number of fused-ring (bicyclic) bond motifs is 1. The van der Waals surface area contributed by atoms with Crippen LogP contribution in [-0.4, -0.2) is 39.1 Å². The van der Waals surface area contributed by atoms with Gasteiger partial charge in [0, 0.05) is 0 Å². The topological polar surface area (TPSA) is 60.9 Å². The molecule has 2 saturated heterocycles. The minimum absolute atomic E-state index is 0.125. The van der Waals surface area contributed by atoms with Crippen LogP contribution in [0.4, 0.5) is 5.69 Å². The zero-order valence-corrected chi connectivity index (χ0v) is 10.8. The van der Waals surface area contributed by atoms with E-state index in [0.29, 0.717) is 23.6 Å². The summed E-state index contributed by atoms with van der Waals surface area (Å²) in [6, 6.07) is 7.98. The summed E-state index contributed by atoms with van der Waals surface area (Å²) in [5.74, 6) is -1.05. The summed E-state index contributed by atoms with van der Waals surface area (Å²) in [5, 5.41) is 9.49. The van der Waals surface area contributed by atoms with Gasteiger partial charge in [-0.15, -0.1) is 0 Å². The molecule has 5 nitrogen and oxygen atoms in total. The molecule has 0 unspecified atom stereocenters. The number of carboxylic acid groups (broad SMARTS) is 1. The number of carboxylic acids is 1. The molecule has 1 amide bonds. The van der Waals surface area contributed by atoms with E-state index in [0.717, 1.165) is 0 Å². The summed E-state index contributed by atoms with van der Waals surface area (Å²) in [6.45, 7) is 0. The van der Waals surface area contributed by atoms with E-state index in [2.05, 4.69) is 0 Å². The minimum Gasteiger partial charge on any atom is -0.480 e. The molecule has 0 radical (unpaired) electrons. The summed E-state index contributed by atoms with van der Waals surface area (Å²) in [5.41, 5.74) is 0.691. The molecule has 3 rings (SSSR count). The second kappa shape index (κ2) is 4.31. The molecule has 0 bridgehead atoms. The zero-order valence-electron chi connectivity index (χ0n) is 10.0. The predicted octanol–water partition coefficient (Wildman–Crippen LogP) is 1.24. The lowest BCUT2D eigenvalue weighted by Crippen LogP contribution is -2.42. The average molecular weight is 276 g/mol. The fourth-order valence-corrected chi connectivity index (χ4v) is 3.19. The van der Waals surface area contributed by atoms with Crippen LogP contribution in [0.2, 0.25) is 0 Å². The molecule has 6 heteroatoms. The number of amides is 1. The largest absolute Gasteiger partial charge is 0.480 e. The number of anilines is 1. The Kier molecular flexibility index (Phi) is 2.74. The molecule has 19 heavy (non-hydrogen) atoms. The second-order valence-corrected chi connectivity index (χ2v) is 5.01. The highest BCUT2D eigenvalue weighted by Crippen LogP contribution is 2.35. The number of thiocarbonyl (C=S) groups is 1. The first-order valence-corrected chi connectivity index (χ1v) is 6.46. The fraction of sp³-hybridized carbons (Fsp3) is 0.308. The van der Waals surface area contributed by atoms with Crippen molar-refractivity contribution in [1.82, 2.24) is 4.90 Å². The van der Waals surface area contributed by atoms with Gasteiger partial charge in [0.2, 0.25) is 0 Å². The van der Waals surface area contributed by atoms with Gasteiger partial charge >= 0.3 is 5.97 Å². The van der Waals surface area contributed by atoms with Crippen molar-refractivity contribution in [3.63, 3.8) is 0 Å². The number of hydrogen-bond donors (Lipinski definition) is 1. The summed E-state index contributed by atoms with van der Waals surface area (Å²) in [4.78, 5) is 26.6. The van der Waals surface area contributed by atoms with Crippen molar-refractivity contribution < 1.29 is 14.7 Å². The molecule has 1 aromatic rings. The lowest BCUT2D eigenvalue weighted by molar-refractivity contribution is -0.141. The first-order valence-electron chi connectivity index (χ1n) is 6.05. The third kappa shape index (κ3) is 1.71. The molecular formula is C13H12N2O3S. The Balaban J connectivity index is 1.97. The van der Waals surface area contributed by atoms with Crippen LogP contribution in [0.5, 0.6) is 0 Å². The number of hydrogen-bond acceptors (Lipinski definition) is 3. The van der Waals surface area contributed by atoms with Crippen molar-refractivity contribution in [3.8, 4) is 0 Å². The minimum atomic E-state index is -0.924. The number of aliphatic carboxylic acids is 1. The Morgan fingerprint density at radius 3 is 2.58 bits per heavy atom. The normalized spacial score (nSPS) is 25.9. The van der Waals surface area contributed by atoms with Gasteiger partial charge in [-0.2, -0.15) is 0 Å². The number of carbonyl (C=O) groups is 2. The van der Waals surface area contributed by atoms with E-state index < -0.39 is 18.1 Å². The average Bonchev–Trinajstić information content (AvgIpc) is 2.93. The Morgan fingerprint density at radius 1 is 1.26 bits per heavy atom. The van der Waals surface area contributed by atoms with Gasteiger partial charge in [-0.05, 0) is 37.2 Å². The SMILES string of the molecule is O=C(O)[C@@H]1CC[C@H]2C(=O)N(c3ccccc3)C(=S)N12. The lowest BCUT2D eigenvalue weighted by atomic mass is 10.1. The Bertz CT molecular complexity index is 560. The first kappa shape index (κ1) is 12.1. The molecule has 2 aliphatic rings. The van der Waals surface area contributed by atoms with Gasteiger partial charge in [-0.3, -0.25) is 9.69 Å². The molecule has 0 spiro atoms. The molecular weight excluding hydrogens is 264 g/mol. The summed E-state index contributed by atoms with van der Waals surface area (Å²) >= 11 is 5.30. The molecule has 1 N–H and O–H groups in total. The summed E-state index contributed by atoms with van der Waals surface area (Å²) in [7, 11) is 0. The monoisotopic (exact) mass is 276 g/mol. The van der Waals surface area contributed by atoms with Gasteiger partial charge in [0.25, 0.3) is 5.91 Å². The maximum atomic E-state index is 12.4. The Morgan fingerprint density at radius 2 is 1.95 bits per heavy atom. The maximum absolute atomic E-state index is 12.4. The van der Waals surface area contributed by atoms with Crippen molar-refractivity contribution in [3.05, 3.63) is 30.3 Å². The van der Waals surface area contributed by atoms with Crippen molar-refractivity contribution in [2.24, 2.45) is 0 Å². The Hall–Kier alpha value is -1.95. The highest BCUT2D eigenvalue weighted by Gasteiger charge is 2.51. The van der Waals surface area contributed by atoms with Crippen LogP contribution in [-0.2, 0) is 9.59 Å². The molecule has 98 valence electrons. The van der Waals surface area contributed by atoms with E-state index in [-0.39, 0.29) is 5.91 Å². The van der Waals surface area contributed by atoms with Crippen molar-refractivity contribution >= 4 is 34.9 Å². The van der Waals surface area contributed by atoms with Gasteiger partial charge in [-0.25, -0.2) is 4.79 Å². The second-order valence-electron chi connectivity index (χ2n) is 4.65. The van der Waals surface area contributed by atoms with Crippen LogP contribution in [0, 0.1) is 0 Å². The van der Waals surface area contributed by atoms with Gasteiger partial charge in [0.15, 0.2) is 5.11 Å². The highest BCUT2D eigenvalue weighted by molar-refractivity contribution is 7.80. The lowest BCUT2D eigenvalue weighted by Gasteiger charge is -2.23. The zero-order chi connectivity index (χ0) is 13.6. The van der Waals surface area contributed by atoms with Gasteiger partial charge in [0.05, 0.1) is 5.69 Å². The first-order chi connectivity index (χ1) is 9.11. The standard InChI is InChI=1S/C13H12N2O3S/c16-11-9-6-7-10(12(17)18)15(9)13(19)14(11)8-4-2-1-3-5-8/h1-5,9-10H,6-7H2,(H,17,18)/t9-,10-/m0/s1. The van der Waals surface area contributed by atoms with Crippen LogP contribution in [0.25, 0.3) is 0 Å². The third-order valence-electron chi connectivity index (χ3n) is 3.60. The van der Waals surface area contributed by atoms with Crippen molar-refractivity contribution in [2.75, 3.05) is 4.90 Å².